The summed E-state index contributed by atoms with van der Waals surface area (Å²) in [6, 6.07) is 1.07. The molecule has 0 saturated carbocycles. The van der Waals surface area contributed by atoms with Crippen LogP contribution in [-0.2, 0) is 10.3 Å². The Kier molecular flexibility index (Phi) is 2.32. The number of fused-ring (bicyclic) bond motifs is 1. The topological polar surface area (TPSA) is 87.0 Å². The SMILES string of the molecule is Cc1c(O)cc(O)c2c1[C@](C)(O)[C@H](C)OC2=O. The van der Waals surface area contributed by atoms with Gasteiger partial charge in [-0.1, -0.05) is 0 Å². The van der Waals surface area contributed by atoms with Gasteiger partial charge < -0.3 is 20.1 Å². The molecule has 92 valence electrons. The lowest BCUT2D eigenvalue weighted by Crippen LogP contribution is -2.44. The van der Waals surface area contributed by atoms with E-state index in [1.807, 2.05) is 0 Å². The third-order valence-electron chi connectivity index (χ3n) is 3.32. The van der Waals surface area contributed by atoms with Crippen molar-refractivity contribution in [2.45, 2.75) is 32.5 Å². The molecule has 17 heavy (non-hydrogen) atoms. The Hall–Kier alpha value is -1.75. The second-order valence-electron chi connectivity index (χ2n) is 4.48. The first kappa shape index (κ1) is 11.7. The van der Waals surface area contributed by atoms with Crippen molar-refractivity contribution in [3.05, 3.63) is 22.8 Å². The summed E-state index contributed by atoms with van der Waals surface area (Å²) in [6.45, 7) is 4.61. The maximum absolute atomic E-state index is 11.7. The van der Waals surface area contributed by atoms with Gasteiger partial charge in [0.2, 0.25) is 0 Å². The maximum atomic E-state index is 11.7. The number of cyclic esters (lactones) is 1. The van der Waals surface area contributed by atoms with Crippen molar-refractivity contribution < 1.29 is 24.9 Å². The Balaban J connectivity index is 2.85. The van der Waals surface area contributed by atoms with Gasteiger partial charge in [0, 0.05) is 11.6 Å². The van der Waals surface area contributed by atoms with Crippen LogP contribution >= 0.6 is 0 Å². The molecule has 1 heterocycles. The van der Waals surface area contributed by atoms with E-state index in [9.17, 15) is 20.1 Å². The summed E-state index contributed by atoms with van der Waals surface area (Å²) in [5.41, 5.74) is -0.933. The van der Waals surface area contributed by atoms with Crippen LogP contribution in [0.1, 0.15) is 35.3 Å². The summed E-state index contributed by atoms with van der Waals surface area (Å²) >= 11 is 0. The van der Waals surface area contributed by atoms with Crippen LogP contribution in [0, 0.1) is 6.92 Å². The average Bonchev–Trinajstić information content (AvgIpc) is 2.20. The molecule has 0 amide bonds. The molecule has 1 aromatic rings. The Morgan fingerprint density at radius 2 is 1.94 bits per heavy atom. The van der Waals surface area contributed by atoms with Crippen molar-refractivity contribution in [1.82, 2.24) is 0 Å². The van der Waals surface area contributed by atoms with Gasteiger partial charge in [-0.2, -0.15) is 0 Å². The molecule has 0 aromatic heterocycles. The third kappa shape index (κ3) is 1.46. The molecule has 0 bridgehead atoms. The van der Waals surface area contributed by atoms with E-state index in [4.69, 9.17) is 4.74 Å². The number of phenolic OH excluding ortho intramolecular Hbond substituents is 2. The molecular formula is C12H14O5. The number of aliphatic hydroxyl groups is 1. The molecule has 3 N–H and O–H groups in total. The number of carbonyl (C=O) groups is 1. The lowest BCUT2D eigenvalue weighted by molar-refractivity contribution is -0.0817. The summed E-state index contributed by atoms with van der Waals surface area (Å²) in [5, 5.41) is 29.7. The second kappa shape index (κ2) is 3.37. The fourth-order valence-electron chi connectivity index (χ4n) is 2.13. The predicted molar refractivity (Wildman–Crippen MR) is 59.0 cm³/mol. The van der Waals surface area contributed by atoms with Crippen molar-refractivity contribution in [2.75, 3.05) is 0 Å². The summed E-state index contributed by atoms with van der Waals surface area (Å²) < 4.78 is 4.97. The Labute approximate surface area is 98.3 Å². The normalized spacial score (nSPS) is 27.5. The van der Waals surface area contributed by atoms with Gasteiger partial charge in [0.05, 0.1) is 0 Å². The summed E-state index contributed by atoms with van der Waals surface area (Å²) in [5.74, 6) is -1.25. The zero-order valence-electron chi connectivity index (χ0n) is 9.81. The van der Waals surface area contributed by atoms with Crippen molar-refractivity contribution in [3.63, 3.8) is 0 Å². The van der Waals surface area contributed by atoms with Gasteiger partial charge in [-0.3, -0.25) is 0 Å². The lowest BCUT2D eigenvalue weighted by Gasteiger charge is -2.37. The number of phenols is 2. The number of ether oxygens (including phenoxy) is 1. The minimum Gasteiger partial charge on any atom is -0.508 e. The highest BCUT2D eigenvalue weighted by atomic mass is 16.6. The number of esters is 1. The number of rotatable bonds is 0. The van der Waals surface area contributed by atoms with E-state index >= 15 is 0 Å². The van der Waals surface area contributed by atoms with Crippen molar-refractivity contribution in [3.8, 4) is 11.5 Å². The van der Waals surface area contributed by atoms with E-state index in [-0.39, 0.29) is 22.6 Å². The fourth-order valence-corrected chi connectivity index (χ4v) is 2.13. The molecule has 0 radical (unpaired) electrons. The van der Waals surface area contributed by atoms with Gasteiger partial charge in [0.15, 0.2) is 0 Å². The monoisotopic (exact) mass is 238 g/mol. The van der Waals surface area contributed by atoms with Gasteiger partial charge >= 0.3 is 5.97 Å². The number of hydrogen-bond donors (Lipinski definition) is 3. The van der Waals surface area contributed by atoms with Crippen LogP contribution in [0.25, 0.3) is 0 Å². The van der Waals surface area contributed by atoms with Gasteiger partial charge in [0.25, 0.3) is 0 Å². The zero-order chi connectivity index (χ0) is 13.0. The molecule has 2 rings (SSSR count). The van der Waals surface area contributed by atoms with Crippen LogP contribution in [0.15, 0.2) is 6.07 Å². The van der Waals surface area contributed by atoms with Gasteiger partial charge in [-0.15, -0.1) is 0 Å². The molecule has 5 nitrogen and oxygen atoms in total. The Bertz CT molecular complexity index is 504. The fraction of sp³-hybridized carbons (Fsp3) is 0.417. The molecule has 5 heteroatoms. The quantitative estimate of drug-likeness (QED) is 0.591. The predicted octanol–water partition coefficient (Wildman–Crippen LogP) is 1.17. The van der Waals surface area contributed by atoms with E-state index in [1.54, 1.807) is 13.8 Å². The lowest BCUT2D eigenvalue weighted by atomic mass is 9.81. The minimum absolute atomic E-state index is 0.0802. The van der Waals surface area contributed by atoms with Gasteiger partial charge in [-0.05, 0) is 26.3 Å². The summed E-state index contributed by atoms with van der Waals surface area (Å²) in [6.07, 6.45) is -0.748. The largest absolute Gasteiger partial charge is 0.508 e. The van der Waals surface area contributed by atoms with Crippen LogP contribution in [0.5, 0.6) is 11.5 Å². The molecule has 1 aliphatic rings. The number of carbonyl (C=O) groups excluding carboxylic acids is 1. The first-order valence-corrected chi connectivity index (χ1v) is 5.26. The van der Waals surface area contributed by atoms with Crippen LogP contribution in [0.3, 0.4) is 0 Å². The van der Waals surface area contributed by atoms with Crippen LogP contribution in [0.4, 0.5) is 0 Å². The van der Waals surface area contributed by atoms with Crippen molar-refractivity contribution >= 4 is 5.97 Å². The first-order valence-electron chi connectivity index (χ1n) is 5.26. The molecule has 0 fully saturated rings. The average molecular weight is 238 g/mol. The molecular weight excluding hydrogens is 224 g/mol. The van der Waals surface area contributed by atoms with E-state index in [0.29, 0.717) is 5.56 Å². The highest BCUT2D eigenvalue weighted by molar-refractivity contribution is 5.96. The van der Waals surface area contributed by atoms with Crippen LogP contribution in [0.2, 0.25) is 0 Å². The molecule has 0 unspecified atom stereocenters. The molecule has 2 atom stereocenters. The number of aromatic hydroxyl groups is 2. The molecule has 0 aliphatic carbocycles. The first-order chi connectivity index (χ1) is 7.76. The van der Waals surface area contributed by atoms with Crippen LogP contribution < -0.4 is 0 Å². The molecule has 0 saturated heterocycles. The van der Waals surface area contributed by atoms with Crippen molar-refractivity contribution in [2.24, 2.45) is 0 Å². The van der Waals surface area contributed by atoms with Gasteiger partial charge in [0.1, 0.15) is 28.8 Å². The molecule has 0 spiro atoms. The smallest absolute Gasteiger partial charge is 0.342 e. The third-order valence-corrected chi connectivity index (χ3v) is 3.32. The highest BCUT2D eigenvalue weighted by Crippen LogP contribution is 2.43. The van der Waals surface area contributed by atoms with E-state index in [0.717, 1.165) is 6.07 Å². The maximum Gasteiger partial charge on any atom is 0.342 e. The minimum atomic E-state index is -1.44. The van der Waals surface area contributed by atoms with E-state index in [2.05, 4.69) is 0 Å². The Morgan fingerprint density at radius 3 is 2.53 bits per heavy atom. The van der Waals surface area contributed by atoms with E-state index < -0.39 is 17.7 Å². The van der Waals surface area contributed by atoms with Crippen LogP contribution in [-0.4, -0.2) is 27.4 Å². The molecule has 1 aliphatic heterocycles. The second-order valence-corrected chi connectivity index (χ2v) is 4.48. The Morgan fingerprint density at radius 1 is 1.35 bits per heavy atom. The summed E-state index contributed by atoms with van der Waals surface area (Å²) in [4.78, 5) is 11.7. The van der Waals surface area contributed by atoms with Crippen molar-refractivity contribution in [1.29, 1.82) is 0 Å². The summed E-state index contributed by atoms with van der Waals surface area (Å²) in [7, 11) is 0. The van der Waals surface area contributed by atoms with Gasteiger partial charge in [-0.25, -0.2) is 4.79 Å². The number of benzene rings is 1. The molecule has 1 aromatic carbocycles. The highest BCUT2D eigenvalue weighted by Gasteiger charge is 2.44. The standard InChI is InChI=1S/C12H14O5/c1-5-7(13)4-8(14)9-10(5)12(3,16)6(2)17-11(9)15/h4,6,13-14,16H,1-3H3/t6-,12+/m0/s1. The van der Waals surface area contributed by atoms with E-state index in [1.165, 1.54) is 6.92 Å². The zero-order valence-corrected chi connectivity index (χ0v) is 9.81. The number of hydrogen-bond acceptors (Lipinski definition) is 5.